The van der Waals surface area contributed by atoms with Gasteiger partial charge in [-0.1, -0.05) is 0 Å². The minimum Gasteiger partial charge on any atom is -0.225 e. The van der Waals surface area contributed by atoms with Crippen LogP contribution in [0.15, 0.2) is 24.4 Å². The second-order valence-electron chi connectivity index (χ2n) is 1.88. The van der Waals surface area contributed by atoms with Crippen molar-refractivity contribution in [2.75, 3.05) is 0 Å². The standard InChI is InChI=1S/C7H4N3/c1-2-6-3-5-9-10-7(6)8-4-1/h1-3,5H. The average molecular weight is 130 g/mol. The zero-order valence-electron chi connectivity index (χ0n) is 5.15. The van der Waals surface area contributed by atoms with Crippen LogP contribution in [0.5, 0.6) is 0 Å². The van der Waals surface area contributed by atoms with Gasteiger partial charge in [0.05, 0.1) is 12.4 Å². The van der Waals surface area contributed by atoms with Gasteiger partial charge in [0.2, 0.25) is 0 Å². The van der Waals surface area contributed by atoms with Crippen molar-refractivity contribution in [3.05, 3.63) is 30.6 Å². The van der Waals surface area contributed by atoms with E-state index in [4.69, 9.17) is 0 Å². The van der Waals surface area contributed by atoms with Gasteiger partial charge < -0.3 is 0 Å². The molecule has 0 atom stereocenters. The van der Waals surface area contributed by atoms with Crippen LogP contribution in [0.4, 0.5) is 0 Å². The maximum Gasteiger partial charge on any atom is 0.182 e. The molecular weight excluding hydrogens is 126 g/mol. The Hall–Kier alpha value is -1.51. The molecule has 3 heteroatoms. The summed E-state index contributed by atoms with van der Waals surface area (Å²) < 4.78 is 0. The Labute approximate surface area is 57.7 Å². The molecule has 1 radical (unpaired) electrons. The number of hydrogen-bond acceptors (Lipinski definition) is 3. The van der Waals surface area contributed by atoms with Crippen LogP contribution < -0.4 is 0 Å². The van der Waals surface area contributed by atoms with E-state index >= 15 is 0 Å². The Morgan fingerprint density at radius 2 is 2.30 bits per heavy atom. The summed E-state index contributed by atoms with van der Waals surface area (Å²) in [7, 11) is 0. The normalized spacial score (nSPS) is 10.0. The smallest absolute Gasteiger partial charge is 0.182 e. The molecule has 2 aromatic rings. The molecule has 2 heterocycles. The van der Waals surface area contributed by atoms with Crippen LogP contribution in [0.2, 0.25) is 0 Å². The third-order valence-corrected chi connectivity index (χ3v) is 1.24. The monoisotopic (exact) mass is 130 g/mol. The van der Waals surface area contributed by atoms with Crippen LogP contribution in [0.25, 0.3) is 11.0 Å². The highest BCUT2D eigenvalue weighted by molar-refractivity contribution is 5.72. The van der Waals surface area contributed by atoms with Crippen molar-refractivity contribution in [2.24, 2.45) is 0 Å². The first-order valence-corrected chi connectivity index (χ1v) is 2.91. The Bertz CT molecular complexity index is 280. The second-order valence-corrected chi connectivity index (χ2v) is 1.88. The molecule has 0 aliphatic rings. The molecule has 0 bridgehead atoms. The summed E-state index contributed by atoms with van der Waals surface area (Å²) >= 11 is 0. The van der Waals surface area contributed by atoms with Gasteiger partial charge in [-0.3, -0.25) is 0 Å². The highest BCUT2D eigenvalue weighted by Gasteiger charge is 1.89. The Morgan fingerprint density at radius 1 is 1.30 bits per heavy atom. The van der Waals surface area contributed by atoms with Gasteiger partial charge >= 0.3 is 0 Å². The van der Waals surface area contributed by atoms with E-state index in [-0.39, 0.29) is 0 Å². The van der Waals surface area contributed by atoms with E-state index in [1.807, 2.05) is 12.1 Å². The zero-order chi connectivity index (χ0) is 6.81. The lowest BCUT2D eigenvalue weighted by Crippen LogP contribution is -1.84. The zero-order valence-corrected chi connectivity index (χ0v) is 5.15. The molecule has 3 nitrogen and oxygen atoms in total. The third-order valence-electron chi connectivity index (χ3n) is 1.24. The maximum absolute atomic E-state index is 3.88. The van der Waals surface area contributed by atoms with Gasteiger partial charge in [-0.25, -0.2) is 4.98 Å². The number of hydrogen-bond donors (Lipinski definition) is 0. The van der Waals surface area contributed by atoms with Crippen molar-refractivity contribution in [3.63, 3.8) is 0 Å². The predicted molar refractivity (Wildman–Crippen MR) is 36.2 cm³/mol. The van der Waals surface area contributed by atoms with Crippen LogP contribution in [0.3, 0.4) is 0 Å². The van der Waals surface area contributed by atoms with Gasteiger partial charge in [0, 0.05) is 5.39 Å². The van der Waals surface area contributed by atoms with Crippen LogP contribution in [0.1, 0.15) is 0 Å². The van der Waals surface area contributed by atoms with Crippen molar-refractivity contribution in [2.45, 2.75) is 0 Å². The average Bonchev–Trinajstić information content (AvgIpc) is 2.05. The van der Waals surface area contributed by atoms with Crippen LogP contribution in [-0.4, -0.2) is 15.2 Å². The topological polar surface area (TPSA) is 38.7 Å². The summed E-state index contributed by atoms with van der Waals surface area (Å²) in [5, 5.41) is 8.46. The number of nitrogens with zero attached hydrogens (tertiary/aromatic N) is 3. The van der Waals surface area contributed by atoms with Gasteiger partial charge in [-0.2, -0.15) is 5.10 Å². The SMILES string of the molecule is [c]1ccc2ccnnc2n1. The van der Waals surface area contributed by atoms with Gasteiger partial charge in [-0.15, -0.1) is 5.10 Å². The molecule has 0 aliphatic heterocycles. The summed E-state index contributed by atoms with van der Waals surface area (Å²) in [5.74, 6) is 0. The van der Waals surface area contributed by atoms with Gasteiger partial charge in [-0.05, 0) is 18.2 Å². The van der Waals surface area contributed by atoms with Crippen molar-refractivity contribution < 1.29 is 0 Å². The molecule has 2 aromatic heterocycles. The van der Waals surface area contributed by atoms with E-state index in [9.17, 15) is 0 Å². The molecule has 0 spiro atoms. The van der Waals surface area contributed by atoms with E-state index in [1.165, 1.54) is 0 Å². The fraction of sp³-hybridized carbons (Fsp3) is 0. The number of aromatic nitrogens is 3. The fourth-order valence-electron chi connectivity index (χ4n) is 0.776. The molecule has 2 rings (SSSR count). The van der Waals surface area contributed by atoms with Gasteiger partial charge in [0.1, 0.15) is 0 Å². The summed E-state index contributed by atoms with van der Waals surface area (Å²) in [6, 6.07) is 5.52. The van der Waals surface area contributed by atoms with E-state index in [1.54, 1.807) is 12.3 Å². The molecule has 10 heavy (non-hydrogen) atoms. The lowest BCUT2D eigenvalue weighted by atomic mass is 10.3. The van der Waals surface area contributed by atoms with Gasteiger partial charge in [0.25, 0.3) is 0 Å². The summed E-state index contributed by atoms with van der Waals surface area (Å²) in [6.07, 6.45) is 4.33. The first-order chi connectivity index (χ1) is 4.97. The molecule has 0 amide bonds. The van der Waals surface area contributed by atoms with Crippen LogP contribution in [0, 0.1) is 6.20 Å². The first-order valence-electron chi connectivity index (χ1n) is 2.91. The fourth-order valence-corrected chi connectivity index (χ4v) is 0.776. The molecule has 0 fully saturated rings. The Morgan fingerprint density at radius 3 is 3.20 bits per heavy atom. The van der Waals surface area contributed by atoms with E-state index in [2.05, 4.69) is 21.4 Å². The van der Waals surface area contributed by atoms with Crippen molar-refractivity contribution in [1.82, 2.24) is 15.2 Å². The Kier molecular flexibility index (Phi) is 1.07. The Balaban J connectivity index is 2.89. The lowest BCUT2D eigenvalue weighted by molar-refractivity contribution is 1.05. The molecule has 0 aliphatic carbocycles. The molecular formula is C7H4N3. The molecule has 0 aromatic carbocycles. The third kappa shape index (κ3) is 0.719. The highest BCUT2D eigenvalue weighted by Crippen LogP contribution is 2.02. The minimum absolute atomic E-state index is 0.644. The predicted octanol–water partition coefficient (Wildman–Crippen LogP) is 0.825. The summed E-state index contributed by atoms with van der Waals surface area (Å²) in [5.41, 5.74) is 0.644. The van der Waals surface area contributed by atoms with E-state index < -0.39 is 0 Å². The van der Waals surface area contributed by atoms with Crippen molar-refractivity contribution in [3.8, 4) is 0 Å². The summed E-state index contributed by atoms with van der Waals surface area (Å²) in [4.78, 5) is 3.88. The van der Waals surface area contributed by atoms with Crippen molar-refractivity contribution in [1.29, 1.82) is 0 Å². The highest BCUT2D eigenvalue weighted by atomic mass is 15.1. The van der Waals surface area contributed by atoms with Crippen LogP contribution >= 0.6 is 0 Å². The van der Waals surface area contributed by atoms with Gasteiger partial charge in [0.15, 0.2) is 5.65 Å². The minimum atomic E-state index is 0.644. The number of pyridine rings is 1. The molecule has 0 unspecified atom stereocenters. The molecule has 47 valence electrons. The molecule has 0 saturated heterocycles. The molecule has 0 N–H and O–H groups in total. The second kappa shape index (κ2) is 2.02. The first kappa shape index (κ1) is 5.29. The quantitative estimate of drug-likeness (QED) is 0.530. The number of fused-ring (bicyclic) bond motifs is 1. The maximum atomic E-state index is 3.88. The summed E-state index contributed by atoms with van der Waals surface area (Å²) in [6.45, 7) is 0. The lowest BCUT2D eigenvalue weighted by Gasteiger charge is -1.88. The van der Waals surface area contributed by atoms with Crippen LogP contribution in [-0.2, 0) is 0 Å². The van der Waals surface area contributed by atoms with E-state index in [0.717, 1.165) is 5.39 Å². The largest absolute Gasteiger partial charge is 0.225 e. The van der Waals surface area contributed by atoms with Crippen molar-refractivity contribution >= 4 is 11.0 Å². The number of rotatable bonds is 0. The molecule has 0 saturated carbocycles. The van der Waals surface area contributed by atoms with E-state index in [0.29, 0.717) is 5.65 Å².